The number of nitrogens with zero attached hydrogens (tertiary/aromatic N) is 9. The van der Waals surface area contributed by atoms with E-state index in [0.717, 1.165) is 151 Å². The molecule has 26 aromatic rings. The number of aromatic nitrogens is 9. The van der Waals surface area contributed by atoms with Crippen LogP contribution in [0.1, 0.15) is 0 Å². The highest BCUT2D eigenvalue weighted by Crippen LogP contribution is 2.48. The average molecular weight is 1750 g/mol. The van der Waals surface area contributed by atoms with Crippen molar-refractivity contribution in [2.75, 3.05) is 0 Å². The molecular formula is C121H75N9S3. The first kappa shape index (κ1) is 79.5. The zero-order valence-corrected chi connectivity index (χ0v) is 74.0. The topological polar surface area (TPSA) is 116 Å². The Morgan fingerprint density at radius 3 is 0.677 bits per heavy atom. The number of benzene rings is 17. The van der Waals surface area contributed by atoms with E-state index < -0.39 is 0 Å². The molecule has 0 bridgehead atoms. The van der Waals surface area contributed by atoms with Gasteiger partial charge in [0.15, 0.2) is 17.5 Å². The third-order valence-corrected chi connectivity index (χ3v) is 28.3. The normalized spacial score (nSPS) is 11.5. The van der Waals surface area contributed by atoms with Crippen molar-refractivity contribution in [2.45, 2.75) is 0 Å². The van der Waals surface area contributed by atoms with Crippen molar-refractivity contribution in [3.63, 3.8) is 0 Å². The van der Waals surface area contributed by atoms with Gasteiger partial charge in [-0.3, -0.25) is 0 Å². The van der Waals surface area contributed by atoms with E-state index in [1.165, 1.54) is 87.8 Å². The van der Waals surface area contributed by atoms with Gasteiger partial charge in [-0.1, -0.05) is 400 Å². The first-order valence-electron chi connectivity index (χ1n) is 44.4. The fraction of sp³-hybridized carbons (Fsp3) is 0. The second-order valence-electron chi connectivity index (χ2n) is 32.9. The molecule has 622 valence electrons. The lowest BCUT2D eigenvalue weighted by Crippen LogP contribution is -1.96. The Bertz CT molecular complexity index is 8830. The van der Waals surface area contributed by atoms with Gasteiger partial charge in [0, 0.05) is 143 Å². The molecule has 12 heteroatoms. The molecule has 17 aromatic carbocycles. The van der Waals surface area contributed by atoms with E-state index in [1.54, 1.807) is 0 Å². The van der Waals surface area contributed by atoms with Gasteiger partial charge in [0.05, 0.1) is 67.6 Å². The van der Waals surface area contributed by atoms with Crippen molar-refractivity contribution < 1.29 is 0 Å². The fourth-order valence-electron chi connectivity index (χ4n) is 18.1. The summed E-state index contributed by atoms with van der Waals surface area (Å²) in [6.07, 6.45) is 0. The van der Waals surface area contributed by atoms with Crippen LogP contribution in [0.2, 0.25) is 0 Å². The lowest BCUT2D eigenvalue weighted by atomic mass is 9.98. The molecule has 9 heterocycles. The lowest BCUT2D eigenvalue weighted by Gasteiger charge is -2.11. The van der Waals surface area contributed by atoms with E-state index in [2.05, 4.69) is 364 Å². The van der Waals surface area contributed by atoms with Crippen LogP contribution >= 0.6 is 34.0 Å². The molecule has 26 rings (SSSR count). The van der Waals surface area contributed by atoms with E-state index in [1.807, 2.05) is 125 Å². The van der Waals surface area contributed by atoms with Gasteiger partial charge < -0.3 is 0 Å². The molecule has 0 N–H and O–H groups in total. The second kappa shape index (κ2) is 34.6. The molecule has 0 amide bonds. The molecule has 0 unspecified atom stereocenters. The Morgan fingerprint density at radius 2 is 0.346 bits per heavy atom. The standard InChI is InChI=1S/2C43H27N3S.C35H21N3S/c1-3-11-30(12-4-1)37-27-38(31-13-5-2-6-14-31)46-43(45-37)33-25-21-29(22-26-33)28-19-23-32(24-20-28)41-40-35-16-8-10-18-39(35)47-42(40)34-15-7-9-17-36(34)44-41;1-3-11-28(12-4-1)29-19-21-31(22-20-29)38-27-37(30-13-5-2-6-14-30)45-43(46-38)33-25-23-32(24-26-33)41-40-35-16-8-10-18-39(35)47-42(40)34-15-7-9-17-36(34)44-41;1-2-10-24(11-3-1)35-37-28-15-7-4-12-25(28)32(38-35)22-18-20-23(21-19-22)33-31-27-14-6-9-17-30(27)39-34(31)26-13-5-8-16-29(26)36-33/h2*1-27H;1-21H. The number of fused-ring (bicyclic) bond motifs is 16. The molecule has 0 fully saturated rings. The van der Waals surface area contributed by atoms with E-state index >= 15 is 0 Å². The number of hydrogen-bond donors (Lipinski definition) is 0. The highest BCUT2D eigenvalue weighted by atomic mass is 32.1. The summed E-state index contributed by atoms with van der Waals surface area (Å²) in [4.78, 5) is 45.6. The SMILES string of the molecule is c1ccc(-c2cc(-c3ccccc3)nc(-c3ccc(-c4ccc(-c5nc6ccccc6c6sc7ccccc7c56)cc4)cc3)n2)cc1.c1ccc(-c2ccc(-c3cc(-c4ccccc4)nc(-c4ccc(-c5nc6ccccc6c6sc7ccccc7c56)cc4)n3)cc2)cc1.c1ccc(-c2nc(-c3ccc(-c4nc5ccccc5c5sc6ccccc6c45)cc3)c3ccccc3n2)cc1. The smallest absolute Gasteiger partial charge is 0.160 e. The summed E-state index contributed by atoms with van der Waals surface area (Å²) < 4.78 is 7.69. The highest BCUT2D eigenvalue weighted by molar-refractivity contribution is 7.27. The molecule has 0 spiro atoms. The predicted octanol–water partition coefficient (Wildman–Crippen LogP) is 33.0. The van der Waals surface area contributed by atoms with Crippen molar-refractivity contribution in [1.29, 1.82) is 0 Å². The van der Waals surface area contributed by atoms with Crippen molar-refractivity contribution in [1.82, 2.24) is 44.9 Å². The summed E-state index contributed by atoms with van der Waals surface area (Å²) in [6.45, 7) is 0. The molecule has 0 radical (unpaired) electrons. The average Bonchev–Trinajstić information content (AvgIpc) is 1.61. The molecular weight excluding hydrogens is 1680 g/mol. The highest BCUT2D eigenvalue weighted by Gasteiger charge is 2.23. The molecule has 133 heavy (non-hydrogen) atoms. The molecule has 9 aromatic heterocycles. The molecule has 0 aliphatic rings. The number of thiophene rings is 3. The number of hydrogen-bond acceptors (Lipinski definition) is 12. The second-order valence-corrected chi connectivity index (χ2v) is 36.1. The van der Waals surface area contributed by atoms with Crippen LogP contribution in [0, 0.1) is 0 Å². The van der Waals surface area contributed by atoms with Crippen molar-refractivity contribution in [2.24, 2.45) is 0 Å². The summed E-state index contributed by atoms with van der Waals surface area (Å²) in [5, 5.41) is 12.1. The monoisotopic (exact) mass is 1750 g/mol. The molecule has 0 saturated heterocycles. The maximum Gasteiger partial charge on any atom is 0.160 e. The predicted molar refractivity (Wildman–Crippen MR) is 559 cm³/mol. The van der Waals surface area contributed by atoms with E-state index in [4.69, 9.17) is 44.9 Å². The van der Waals surface area contributed by atoms with Crippen LogP contribution < -0.4 is 0 Å². The maximum atomic E-state index is 5.21. The van der Waals surface area contributed by atoms with Crippen molar-refractivity contribution in [3.8, 4) is 146 Å². The summed E-state index contributed by atoms with van der Waals surface area (Å²) in [5.41, 5.74) is 27.8. The first-order valence-corrected chi connectivity index (χ1v) is 46.8. The first-order chi connectivity index (χ1) is 65.9. The van der Waals surface area contributed by atoms with Gasteiger partial charge in [0.1, 0.15) is 0 Å². The number of pyridine rings is 3. The van der Waals surface area contributed by atoms with Crippen LogP contribution in [0.15, 0.2) is 455 Å². The Morgan fingerprint density at radius 1 is 0.135 bits per heavy atom. The zero-order chi connectivity index (χ0) is 88.1. The Kier molecular flexibility index (Phi) is 20.7. The number of para-hydroxylation sites is 4. The van der Waals surface area contributed by atoms with E-state index in [9.17, 15) is 0 Å². The summed E-state index contributed by atoms with van der Waals surface area (Å²) >= 11 is 5.53. The van der Waals surface area contributed by atoms with Gasteiger partial charge in [0.25, 0.3) is 0 Å². The molecule has 0 saturated carbocycles. The van der Waals surface area contributed by atoms with Crippen LogP contribution in [0.25, 0.3) is 251 Å². The van der Waals surface area contributed by atoms with Crippen LogP contribution in [0.3, 0.4) is 0 Å². The minimum atomic E-state index is 0.692. The number of rotatable bonds is 13. The zero-order valence-electron chi connectivity index (χ0n) is 71.6. The third kappa shape index (κ3) is 15.3. The third-order valence-electron chi connectivity index (χ3n) is 24.7. The summed E-state index contributed by atoms with van der Waals surface area (Å²) in [6, 6.07) is 158. The Hall–Kier alpha value is -16.9. The summed E-state index contributed by atoms with van der Waals surface area (Å²) in [5.74, 6) is 2.13. The van der Waals surface area contributed by atoms with Gasteiger partial charge in [-0.15, -0.1) is 34.0 Å². The Labute approximate surface area is 778 Å². The van der Waals surface area contributed by atoms with Gasteiger partial charge in [-0.25, -0.2) is 44.9 Å². The molecule has 0 atom stereocenters. The fourth-order valence-corrected chi connectivity index (χ4v) is 21.8. The van der Waals surface area contributed by atoms with E-state index in [-0.39, 0.29) is 0 Å². The van der Waals surface area contributed by atoms with Crippen LogP contribution in [0.5, 0.6) is 0 Å². The van der Waals surface area contributed by atoms with Gasteiger partial charge in [0.2, 0.25) is 0 Å². The Balaban J connectivity index is 0.000000110. The van der Waals surface area contributed by atoms with Crippen molar-refractivity contribution in [3.05, 3.63) is 455 Å². The minimum Gasteiger partial charge on any atom is -0.247 e. The van der Waals surface area contributed by atoms with Crippen LogP contribution in [-0.4, -0.2) is 44.9 Å². The minimum absolute atomic E-state index is 0.692. The molecule has 0 aliphatic heterocycles. The van der Waals surface area contributed by atoms with Gasteiger partial charge in [-0.2, -0.15) is 0 Å². The van der Waals surface area contributed by atoms with Gasteiger partial charge in [-0.05, 0) is 76.9 Å². The van der Waals surface area contributed by atoms with Crippen LogP contribution in [-0.2, 0) is 0 Å². The van der Waals surface area contributed by atoms with Crippen LogP contribution in [0.4, 0.5) is 0 Å². The quantitative estimate of drug-likeness (QED) is 0.111. The van der Waals surface area contributed by atoms with Gasteiger partial charge >= 0.3 is 0 Å². The molecule has 0 aliphatic carbocycles. The lowest BCUT2D eigenvalue weighted by molar-refractivity contribution is 1.18. The molecule has 9 nitrogen and oxygen atoms in total. The largest absolute Gasteiger partial charge is 0.247 e. The van der Waals surface area contributed by atoms with E-state index in [0.29, 0.717) is 11.6 Å². The maximum absolute atomic E-state index is 5.21. The summed E-state index contributed by atoms with van der Waals surface area (Å²) in [7, 11) is 0. The van der Waals surface area contributed by atoms with Crippen molar-refractivity contribution >= 4 is 138 Å².